The van der Waals surface area contributed by atoms with Crippen LogP contribution in [0, 0.1) is 5.82 Å². The molecule has 0 saturated carbocycles. The molecule has 106 valence electrons. The van der Waals surface area contributed by atoms with E-state index in [2.05, 4.69) is 20.8 Å². The summed E-state index contributed by atoms with van der Waals surface area (Å²) in [5, 5.41) is 8.88. The molecule has 0 heterocycles. The molecular formula is C14H19BrFNO2. The van der Waals surface area contributed by atoms with E-state index in [1.54, 1.807) is 12.1 Å². The summed E-state index contributed by atoms with van der Waals surface area (Å²) in [6.07, 6.45) is 0.0978. The first-order valence-corrected chi connectivity index (χ1v) is 7.08. The summed E-state index contributed by atoms with van der Waals surface area (Å²) in [4.78, 5) is 12.9. The van der Waals surface area contributed by atoms with Crippen LogP contribution in [-0.2, 0) is 4.79 Å². The SMILES string of the molecule is CCN(C(C)CC(=O)O)C(C)c1ccc(F)c(Br)c1. The Morgan fingerprint density at radius 3 is 2.58 bits per heavy atom. The fraction of sp³-hybridized carbons (Fsp3) is 0.500. The maximum atomic E-state index is 13.2. The summed E-state index contributed by atoms with van der Waals surface area (Å²) < 4.78 is 13.7. The van der Waals surface area contributed by atoms with Gasteiger partial charge in [-0.25, -0.2) is 4.39 Å². The molecule has 0 aliphatic carbocycles. The summed E-state index contributed by atoms with van der Waals surface area (Å²) in [6, 6.07) is 4.88. The minimum Gasteiger partial charge on any atom is -0.481 e. The molecule has 5 heteroatoms. The van der Waals surface area contributed by atoms with Crippen LogP contribution in [0.2, 0.25) is 0 Å². The molecule has 0 spiro atoms. The molecule has 3 nitrogen and oxygen atoms in total. The highest BCUT2D eigenvalue weighted by molar-refractivity contribution is 9.10. The van der Waals surface area contributed by atoms with Gasteiger partial charge in [-0.2, -0.15) is 0 Å². The minimum absolute atomic E-state index is 0.0382. The summed E-state index contributed by atoms with van der Waals surface area (Å²) in [5.74, 6) is -1.10. The molecular weight excluding hydrogens is 313 g/mol. The number of halogens is 2. The number of carboxylic acid groups (broad SMARTS) is 1. The lowest BCUT2D eigenvalue weighted by Crippen LogP contribution is -2.36. The number of rotatable bonds is 6. The maximum Gasteiger partial charge on any atom is 0.304 e. The van der Waals surface area contributed by atoms with Gasteiger partial charge in [0.2, 0.25) is 0 Å². The van der Waals surface area contributed by atoms with Crippen molar-refractivity contribution in [3.63, 3.8) is 0 Å². The molecule has 0 radical (unpaired) electrons. The van der Waals surface area contributed by atoms with Gasteiger partial charge in [-0.1, -0.05) is 13.0 Å². The topological polar surface area (TPSA) is 40.5 Å². The zero-order chi connectivity index (χ0) is 14.6. The lowest BCUT2D eigenvalue weighted by molar-refractivity contribution is -0.138. The third-order valence-electron chi connectivity index (χ3n) is 3.32. The average Bonchev–Trinajstić information content (AvgIpc) is 2.32. The van der Waals surface area contributed by atoms with E-state index in [0.717, 1.165) is 12.1 Å². The Morgan fingerprint density at radius 2 is 2.11 bits per heavy atom. The quantitative estimate of drug-likeness (QED) is 0.861. The Balaban J connectivity index is 2.91. The van der Waals surface area contributed by atoms with Gasteiger partial charge in [-0.3, -0.25) is 9.69 Å². The van der Waals surface area contributed by atoms with Crippen molar-refractivity contribution in [2.45, 2.75) is 39.3 Å². The normalized spacial score (nSPS) is 14.4. The van der Waals surface area contributed by atoms with Crippen molar-refractivity contribution in [3.8, 4) is 0 Å². The molecule has 0 aliphatic heterocycles. The first kappa shape index (κ1) is 16.1. The fourth-order valence-corrected chi connectivity index (χ4v) is 2.70. The van der Waals surface area contributed by atoms with Gasteiger partial charge >= 0.3 is 5.97 Å². The van der Waals surface area contributed by atoms with E-state index in [1.165, 1.54) is 6.07 Å². The maximum absolute atomic E-state index is 13.2. The Bertz CT molecular complexity index is 453. The number of nitrogens with zero attached hydrogens (tertiary/aromatic N) is 1. The van der Waals surface area contributed by atoms with Crippen LogP contribution in [0.4, 0.5) is 4.39 Å². The van der Waals surface area contributed by atoms with Crippen molar-refractivity contribution in [3.05, 3.63) is 34.1 Å². The third kappa shape index (κ3) is 4.28. The fourth-order valence-electron chi connectivity index (χ4n) is 2.30. The highest BCUT2D eigenvalue weighted by atomic mass is 79.9. The van der Waals surface area contributed by atoms with Crippen molar-refractivity contribution in [1.82, 2.24) is 4.90 Å². The Labute approximate surface area is 121 Å². The Morgan fingerprint density at radius 1 is 1.47 bits per heavy atom. The van der Waals surface area contributed by atoms with E-state index in [-0.39, 0.29) is 24.3 Å². The molecule has 1 rings (SSSR count). The van der Waals surface area contributed by atoms with Crippen molar-refractivity contribution in [2.75, 3.05) is 6.54 Å². The van der Waals surface area contributed by atoms with E-state index in [1.807, 2.05) is 20.8 Å². The predicted octanol–water partition coefficient (Wildman–Crippen LogP) is 3.83. The smallest absolute Gasteiger partial charge is 0.304 e. The van der Waals surface area contributed by atoms with Crippen LogP contribution in [0.25, 0.3) is 0 Å². The summed E-state index contributed by atoms with van der Waals surface area (Å²) in [7, 11) is 0. The van der Waals surface area contributed by atoms with Gasteiger partial charge in [0.1, 0.15) is 5.82 Å². The first-order chi connectivity index (χ1) is 8.86. The van der Waals surface area contributed by atoms with Crippen molar-refractivity contribution >= 4 is 21.9 Å². The Hall–Kier alpha value is -0.940. The van der Waals surface area contributed by atoms with Crippen molar-refractivity contribution < 1.29 is 14.3 Å². The molecule has 0 saturated heterocycles. The molecule has 0 aliphatic rings. The number of benzene rings is 1. The van der Waals surface area contributed by atoms with Crippen LogP contribution in [0.3, 0.4) is 0 Å². The number of hydrogen-bond donors (Lipinski definition) is 1. The molecule has 0 amide bonds. The van der Waals surface area contributed by atoms with E-state index in [9.17, 15) is 9.18 Å². The number of hydrogen-bond acceptors (Lipinski definition) is 2. The molecule has 2 atom stereocenters. The summed E-state index contributed by atoms with van der Waals surface area (Å²) in [5.41, 5.74) is 0.965. The highest BCUT2D eigenvalue weighted by Gasteiger charge is 2.22. The molecule has 1 aromatic rings. The van der Waals surface area contributed by atoms with Crippen molar-refractivity contribution in [2.24, 2.45) is 0 Å². The first-order valence-electron chi connectivity index (χ1n) is 6.29. The van der Waals surface area contributed by atoms with Crippen LogP contribution < -0.4 is 0 Å². The van der Waals surface area contributed by atoms with E-state index < -0.39 is 5.97 Å². The zero-order valence-corrected chi connectivity index (χ0v) is 12.9. The second-order valence-corrected chi connectivity index (χ2v) is 5.48. The van der Waals surface area contributed by atoms with Gasteiger partial charge in [-0.05, 0) is 54.0 Å². The second kappa shape index (κ2) is 7.01. The van der Waals surface area contributed by atoms with E-state index >= 15 is 0 Å². The van der Waals surface area contributed by atoms with Crippen molar-refractivity contribution in [1.29, 1.82) is 0 Å². The lowest BCUT2D eigenvalue weighted by Gasteiger charge is -2.33. The van der Waals surface area contributed by atoms with Gasteiger partial charge < -0.3 is 5.11 Å². The molecule has 0 fully saturated rings. The molecule has 1 N–H and O–H groups in total. The zero-order valence-electron chi connectivity index (χ0n) is 11.4. The Kier molecular flexibility index (Phi) is 5.94. The molecule has 0 bridgehead atoms. The monoisotopic (exact) mass is 331 g/mol. The van der Waals surface area contributed by atoms with Crippen LogP contribution in [-0.4, -0.2) is 28.6 Å². The van der Waals surface area contributed by atoms with Crippen LogP contribution >= 0.6 is 15.9 Å². The van der Waals surface area contributed by atoms with Gasteiger partial charge in [-0.15, -0.1) is 0 Å². The van der Waals surface area contributed by atoms with Gasteiger partial charge in [0.15, 0.2) is 0 Å². The second-order valence-electron chi connectivity index (χ2n) is 4.63. The largest absolute Gasteiger partial charge is 0.481 e. The molecule has 19 heavy (non-hydrogen) atoms. The standard InChI is InChI=1S/C14H19BrFNO2/c1-4-17(9(2)7-14(18)19)10(3)11-5-6-13(16)12(15)8-11/h5-6,8-10H,4,7H2,1-3H3,(H,18,19). The van der Waals surface area contributed by atoms with Gasteiger partial charge in [0, 0.05) is 12.1 Å². The number of aliphatic carboxylic acids is 1. The molecule has 1 aromatic carbocycles. The predicted molar refractivity (Wildman–Crippen MR) is 76.6 cm³/mol. The minimum atomic E-state index is -0.807. The number of carboxylic acids is 1. The van der Waals surface area contributed by atoms with Crippen LogP contribution in [0.1, 0.15) is 38.8 Å². The van der Waals surface area contributed by atoms with Crippen LogP contribution in [0.5, 0.6) is 0 Å². The third-order valence-corrected chi connectivity index (χ3v) is 3.93. The molecule has 0 aromatic heterocycles. The van der Waals surface area contributed by atoms with Gasteiger partial charge in [0.25, 0.3) is 0 Å². The summed E-state index contributed by atoms with van der Waals surface area (Å²) in [6.45, 7) is 6.63. The highest BCUT2D eigenvalue weighted by Crippen LogP contribution is 2.27. The van der Waals surface area contributed by atoms with E-state index in [4.69, 9.17) is 5.11 Å². The number of carbonyl (C=O) groups is 1. The summed E-state index contributed by atoms with van der Waals surface area (Å²) >= 11 is 3.18. The molecule has 2 unspecified atom stereocenters. The lowest BCUT2D eigenvalue weighted by atomic mass is 10.0. The van der Waals surface area contributed by atoms with E-state index in [0.29, 0.717) is 4.47 Å². The van der Waals surface area contributed by atoms with Gasteiger partial charge in [0.05, 0.1) is 10.9 Å². The average molecular weight is 332 g/mol. The van der Waals surface area contributed by atoms with Crippen LogP contribution in [0.15, 0.2) is 22.7 Å².